The molecule has 0 saturated carbocycles. The van der Waals surface area contributed by atoms with Crippen LogP contribution in [0.4, 0.5) is 5.69 Å². The summed E-state index contributed by atoms with van der Waals surface area (Å²) in [7, 11) is 3.60. The van der Waals surface area contributed by atoms with Crippen molar-refractivity contribution in [3.05, 3.63) is 59.2 Å². The molecule has 2 aliphatic rings. The number of benzene rings is 2. The molecule has 0 aromatic heterocycles. The van der Waals surface area contributed by atoms with Gasteiger partial charge in [-0.15, -0.1) is 0 Å². The number of nitrogens with zero attached hydrogens (tertiary/aromatic N) is 1. The molecule has 1 amide bonds. The van der Waals surface area contributed by atoms with Crippen molar-refractivity contribution >= 4 is 11.6 Å². The molecular formula is C26H35N3O2. The summed E-state index contributed by atoms with van der Waals surface area (Å²) in [5, 5.41) is 7.71. The molecule has 2 aromatic carbocycles. The number of piperidine rings is 1. The zero-order valence-electron chi connectivity index (χ0n) is 19.0. The third-order valence-corrected chi connectivity index (χ3v) is 6.82. The molecule has 2 aliphatic heterocycles. The maximum atomic E-state index is 12.2. The Morgan fingerprint density at radius 1 is 1.16 bits per heavy atom. The number of rotatable bonds is 7. The molecule has 0 aliphatic carbocycles. The quantitative estimate of drug-likeness (QED) is 0.698. The lowest BCUT2D eigenvalue weighted by molar-refractivity contribution is -0.118. The average molecular weight is 422 g/mol. The number of carbonyl (C=O) groups excluding carboxylic acids is 1. The number of aryl methyl sites for hydroxylation is 1. The van der Waals surface area contributed by atoms with Gasteiger partial charge in [0, 0.05) is 49.4 Å². The van der Waals surface area contributed by atoms with Gasteiger partial charge < -0.3 is 20.3 Å². The van der Waals surface area contributed by atoms with Gasteiger partial charge >= 0.3 is 0 Å². The van der Waals surface area contributed by atoms with Crippen molar-refractivity contribution in [2.75, 3.05) is 19.1 Å². The second-order valence-electron chi connectivity index (χ2n) is 8.85. The predicted octanol–water partition coefficient (Wildman–Crippen LogP) is 4.36. The second kappa shape index (κ2) is 9.84. The number of amides is 1. The highest BCUT2D eigenvalue weighted by molar-refractivity contribution is 5.96. The molecule has 2 heterocycles. The fraction of sp³-hybridized carbons (Fsp3) is 0.500. The second-order valence-corrected chi connectivity index (χ2v) is 8.85. The van der Waals surface area contributed by atoms with Gasteiger partial charge in [0.15, 0.2) is 0 Å². The van der Waals surface area contributed by atoms with E-state index in [0.717, 1.165) is 29.8 Å². The molecule has 4 rings (SSSR count). The largest absolute Gasteiger partial charge is 0.496 e. The van der Waals surface area contributed by atoms with Gasteiger partial charge in [-0.1, -0.05) is 43.7 Å². The van der Waals surface area contributed by atoms with E-state index < -0.39 is 0 Å². The molecule has 0 bridgehead atoms. The molecule has 2 N–H and O–H groups in total. The first-order chi connectivity index (χ1) is 15.1. The standard InChI is InChI=1S/C26H35N3O2/c1-4-8-21-12-13-22(26(28-21)18-9-6-5-7-10-18)27-17-20-15-23-19(16-24(20)31-3)11-14-25(30)29(23)2/h5-7,9-10,15-16,21-22,26-28H,4,8,11-14,17H2,1-3H3. The van der Waals surface area contributed by atoms with Crippen LogP contribution >= 0.6 is 0 Å². The van der Waals surface area contributed by atoms with Crippen LogP contribution in [0.25, 0.3) is 0 Å². The molecule has 166 valence electrons. The molecule has 31 heavy (non-hydrogen) atoms. The van der Waals surface area contributed by atoms with Crippen molar-refractivity contribution in [3.8, 4) is 5.75 Å². The number of ether oxygens (including phenoxy) is 1. The van der Waals surface area contributed by atoms with Crippen LogP contribution in [0.5, 0.6) is 5.75 Å². The normalized spacial score (nSPS) is 23.5. The number of anilines is 1. The van der Waals surface area contributed by atoms with E-state index in [2.05, 4.69) is 60.0 Å². The highest BCUT2D eigenvalue weighted by Gasteiger charge is 2.31. The molecule has 5 heteroatoms. The van der Waals surface area contributed by atoms with Crippen LogP contribution in [0.15, 0.2) is 42.5 Å². The molecule has 2 aromatic rings. The molecule has 3 unspecified atom stereocenters. The highest BCUT2D eigenvalue weighted by Crippen LogP contribution is 2.34. The molecule has 5 nitrogen and oxygen atoms in total. The van der Waals surface area contributed by atoms with E-state index in [0.29, 0.717) is 31.1 Å². The van der Waals surface area contributed by atoms with Gasteiger partial charge in [0.1, 0.15) is 5.75 Å². The van der Waals surface area contributed by atoms with Crippen molar-refractivity contribution in [2.24, 2.45) is 0 Å². The summed E-state index contributed by atoms with van der Waals surface area (Å²) in [4.78, 5) is 14.0. The Labute approximate surface area is 186 Å². The van der Waals surface area contributed by atoms with Gasteiger partial charge in [-0.05, 0) is 48.9 Å². The first-order valence-electron chi connectivity index (χ1n) is 11.6. The molecule has 1 saturated heterocycles. The number of nitrogens with one attached hydrogen (secondary N) is 2. The molecule has 0 spiro atoms. The Morgan fingerprint density at radius 3 is 2.71 bits per heavy atom. The lowest BCUT2D eigenvalue weighted by Crippen LogP contribution is -2.50. The van der Waals surface area contributed by atoms with Crippen LogP contribution in [0.1, 0.15) is 61.8 Å². The first kappa shape index (κ1) is 21.8. The Kier molecular flexibility index (Phi) is 6.93. The minimum Gasteiger partial charge on any atom is -0.496 e. The smallest absolute Gasteiger partial charge is 0.227 e. The Hall–Kier alpha value is -2.37. The number of methoxy groups -OCH3 is 1. The van der Waals surface area contributed by atoms with Crippen LogP contribution in [0.2, 0.25) is 0 Å². The van der Waals surface area contributed by atoms with E-state index in [4.69, 9.17) is 4.74 Å². The van der Waals surface area contributed by atoms with Crippen LogP contribution < -0.4 is 20.3 Å². The molecule has 3 atom stereocenters. The molecular weight excluding hydrogens is 386 g/mol. The summed E-state index contributed by atoms with van der Waals surface area (Å²) in [6, 6.07) is 16.2. The van der Waals surface area contributed by atoms with Crippen LogP contribution in [0.3, 0.4) is 0 Å². The zero-order valence-corrected chi connectivity index (χ0v) is 19.0. The van der Waals surface area contributed by atoms with Gasteiger partial charge in [0.25, 0.3) is 0 Å². The van der Waals surface area contributed by atoms with E-state index in [1.807, 2.05) is 7.05 Å². The van der Waals surface area contributed by atoms with E-state index in [-0.39, 0.29) is 5.91 Å². The lowest BCUT2D eigenvalue weighted by Gasteiger charge is -2.39. The van der Waals surface area contributed by atoms with Crippen molar-refractivity contribution < 1.29 is 9.53 Å². The fourth-order valence-electron chi connectivity index (χ4n) is 5.06. The Balaban J connectivity index is 1.54. The van der Waals surface area contributed by atoms with Gasteiger partial charge in [-0.3, -0.25) is 4.79 Å². The first-order valence-corrected chi connectivity index (χ1v) is 11.6. The van der Waals surface area contributed by atoms with E-state index in [9.17, 15) is 4.79 Å². The van der Waals surface area contributed by atoms with Gasteiger partial charge in [-0.2, -0.15) is 0 Å². The van der Waals surface area contributed by atoms with Crippen molar-refractivity contribution in [3.63, 3.8) is 0 Å². The van der Waals surface area contributed by atoms with Crippen LogP contribution in [-0.4, -0.2) is 32.1 Å². The fourth-order valence-corrected chi connectivity index (χ4v) is 5.06. The van der Waals surface area contributed by atoms with Crippen LogP contribution in [-0.2, 0) is 17.8 Å². The van der Waals surface area contributed by atoms with Crippen molar-refractivity contribution in [2.45, 2.75) is 70.1 Å². The summed E-state index contributed by atoms with van der Waals surface area (Å²) in [6.07, 6.45) is 6.10. The minimum absolute atomic E-state index is 0.180. The van der Waals surface area contributed by atoms with Gasteiger partial charge in [-0.25, -0.2) is 0 Å². The summed E-state index contributed by atoms with van der Waals surface area (Å²) >= 11 is 0. The number of fused-ring (bicyclic) bond motifs is 1. The van der Waals surface area contributed by atoms with Gasteiger partial charge in [0.2, 0.25) is 5.91 Å². The maximum Gasteiger partial charge on any atom is 0.227 e. The number of hydrogen-bond acceptors (Lipinski definition) is 4. The summed E-state index contributed by atoms with van der Waals surface area (Å²) in [6.45, 7) is 2.97. The monoisotopic (exact) mass is 421 g/mol. The highest BCUT2D eigenvalue weighted by atomic mass is 16.5. The van der Waals surface area contributed by atoms with E-state index in [1.54, 1.807) is 12.0 Å². The topological polar surface area (TPSA) is 53.6 Å². The van der Waals surface area contributed by atoms with Gasteiger partial charge in [0.05, 0.1) is 7.11 Å². The van der Waals surface area contributed by atoms with Crippen molar-refractivity contribution in [1.29, 1.82) is 0 Å². The molecule has 0 radical (unpaired) electrons. The maximum absolute atomic E-state index is 12.2. The van der Waals surface area contributed by atoms with E-state index >= 15 is 0 Å². The summed E-state index contributed by atoms with van der Waals surface area (Å²) < 4.78 is 5.71. The zero-order chi connectivity index (χ0) is 21.8. The Morgan fingerprint density at radius 2 is 1.97 bits per heavy atom. The lowest BCUT2D eigenvalue weighted by atomic mass is 9.87. The minimum atomic E-state index is 0.180. The third kappa shape index (κ3) is 4.78. The number of carbonyl (C=O) groups is 1. The van der Waals surface area contributed by atoms with Crippen LogP contribution in [0, 0.1) is 0 Å². The Bertz CT molecular complexity index is 899. The summed E-state index contributed by atoms with van der Waals surface area (Å²) in [5.41, 5.74) is 4.64. The summed E-state index contributed by atoms with van der Waals surface area (Å²) in [5.74, 6) is 1.08. The van der Waals surface area contributed by atoms with E-state index in [1.165, 1.54) is 30.4 Å². The molecule has 1 fully saturated rings. The SMILES string of the molecule is CCCC1CCC(NCc2cc3c(cc2OC)CCC(=O)N3C)C(c2ccccc2)N1. The third-order valence-electron chi connectivity index (χ3n) is 6.82. The number of hydrogen-bond donors (Lipinski definition) is 2. The predicted molar refractivity (Wildman–Crippen MR) is 126 cm³/mol. The average Bonchev–Trinajstić information content (AvgIpc) is 2.81. The van der Waals surface area contributed by atoms with Crippen molar-refractivity contribution in [1.82, 2.24) is 10.6 Å².